The van der Waals surface area contributed by atoms with Gasteiger partial charge >= 0.3 is 0 Å². The summed E-state index contributed by atoms with van der Waals surface area (Å²) in [6, 6.07) is 17.2. The number of amides is 1. The van der Waals surface area contributed by atoms with E-state index in [9.17, 15) is 13.2 Å². The smallest absolute Gasteiger partial charge is 0.255 e. The molecule has 0 spiro atoms. The van der Waals surface area contributed by atoms with Crippen molar-refractivity contribution < 1.29 is 13.2 Å². The van der Waals surface area contributed by atoms with Gasteiger partial charge in [-0.3, -0.25) is 4.79 Å². The zero-order valence-electron chi connectivity index (χ0n) is 15.3. The molecule has 0 saturated carbocycles. The van der Waals surface area contributed by atoms with Gasteiger partial charge in [0.25, 0.3) is 5.91 Å². The molecule has 3 rings (SSSR count). The molecule has 0 saturated heterocycles. The van der Waals surface area contributed by atoms with Crippen LogP contribution in [0.4, 0.5) is 0 Å². The molecule has 0 unspecified atom stereocenters. The van der Waals surface area contributed by atoms with Crippen molar-refractivity contribution in [1.82, 2.24) is 9.73 Å². The third kappa shape index (κ3) is 5.13. The average Bonchev–Trinajstić information content (AvgIpc) is 2.70. The van der Waals surface area contributed by atoms with Gasteiger partial charge < -0.3 is 0 Å². The van der Waals surface area contributed by atoms with Gasteiger partial charge in [0, 0.05) is 7.05 Å². The molecule has 0 heterocycles. The highest BCUT2D eigenvalue weighted by atomic mass is 35.5. The molecule has 9 heteroatoms. The Balaban J connectivity index is 1.65. The van der Waals surface area contributed by atoms with Crippen LogP contribution in [0.3, 0.4) is 0 Å². The van der Waals surface area contributed by atoms with Gasteiger partial charge in [-0.05, 0) is 40.6 Å². The number of carbonyl (C=O) groups excluding carboxylic acids is 1. The number of nitrogens with one attached hydrogen (secondary N) is 1. The van der Waals surface area contributed by atoms with Crippen molar-refractivity contribution in [3.8, 4) is 0 Å². The van der Waals surface area contributed by atoms with E-state index < -0.39 is 15.9 Å². The Morgan fingerprint density at radius 2 is 1.76 bits per heavy atom. The van der Waals surface area contributed by atoms with Gasteiger partial charge in [-0.2, -0.15) is 9.41 Å². The molecule has 1 N–H and O–H groups in total. The zero-order chi connectivity index (χ0) is 21.0. The number of halogens is 2. The largest absolute Gasteiger partial charge is 0.272 e. The van der Waals surface area contributed by atoms with Crippen LogP contribution in [-0.4, -0.2) is 38.4 Å². The molecular weight excluding hydrogens is 433 g/mol. The summed E-state index contributed by atoms with van der Waals surface area (Å²) in [5.74, 6) is -0.576. The summed E-state index contributed by atoms with van der Waals surface area (Å²) in [7, 11) is -2.48. The first-order chi connectivity index (χ1) is 13.8. The van der Waals surface area contributed by atoms with Crippen LogP contribution >= 0.6 is 23.2 Å². The van der Waals surface area contributed by atoms with E-state index in [-0.39, 0.29) is 11.4 Å². The van der Waals surface area contributed by atoms with E-state index in [1.54, 1.807) is 30.3 Å². The van der Waals surface area contributed by atoms with Crippen LogP contribution in [0.1, 0.15) is 5.56 Å². The molecular formula is C20H17Cl2N3O3S. The van der Waals surface area contributed by atoms with Crippen LogP contribution in [0, 0.1) is 0 Å². The highest BCUT2D eigenvalue weighted by molar-refractivity contribution is 7.89. The summed E-state index contributed by atoms with van der Waals surface area (Å²) < 4.78 is 26.5. The maximum absolute atomic E-state index is 12.8. The number of benzene rings is 3. The molecule has 0 aliphatic carbocycles. The van der Waals surface area contributed by atoms with Gasteiger partial charge in [-0.1, -0.05) is 59.6 Å². The second-order valence-corrected chi connectivity index (χ2v) is 9.10. The topological polar surface area (TPSA) is 78.8 Å². The van der Waals surface area contributed by atoms with Crippen LogP contribution in [0.15, 0.2) is 70.7 Å². The molecule has 1 amide bonds. The minimum absolute atomic E-state index is 0.116. The van der Waals surface area contributed by atoms with Gasteiger partial charge in [0.05, 0.1) is 27.7 Å². The number of likely N-dealkylation sites (N-methyl/N-ethyl adjacent to an activating group) is 1. The highest BCUT2D eigenvalue weighted by Crippen LogP contribution is 2.22. The third-order valence-electron chi connectivity index (χ3n) is 4.14. The predicted molar refractivity (Wildman–Crippen MR) is 116 cm³/mol. The third-order valence-corrected chi connectivity index (χ3v) is 6.68. The average molecular weight is 450 g/mol. The van der Waals surface area contributed by atoms with E-state index in [1.807, 2.05) is 24.3 Å². The number of carbonyl (C=O) groups is 1. The van der Waals surface area contributed by atoms with Crippen LogP contribution in [-0.2, 0) is 14.8 Å². The maximum atomic E-state index is 12.8. The Bertz CT molecular complexity index is 1200. The van der Waals surface area contributed by atoms with Gasteiger partial charge in [-0.25, -0.2) is 13.8 Å². The lowest BCUT2D eigenvalue weighted by Crippen LogP contribution is -2.36. The lowest BCUT2D eigenvalue weighted by atomic mass is 10.1. The first kappa shape index (κ1) is 21.3. The zero-order valence-corrected chi connectivity index (χ0v) is 17.7. The summed E-state index contributed by atoms with van der Waals surface area (Å²) in [6.07, 6.45) is 1.39. The molecule has 0 aromatic heterocycles. The van der Waals surface area contributed by atoms with E-state index >= 15 is 0 Å². The molecule has 3 aromatic rings. The molecule has 0 atom stereocenters. The summed E-state index contributed by atoms with van der Waals surface area (Å²) in [6.45, 7) is -0.381. The summed E-state index contributed by atoms with van der Waals surface area (Å²) >= 11 is 11.8. The Morgan fingerprint density at radius 3 is 2.48 bits per heavy atom. The molecule has 0 aliphatic rings. The van der Waals surface area contributed by atoms with Gasteiger partial charge in [0.15, 0.2) is 0 Å². The molecule has 0 fully saturated rings. The van der Waals surface area contributed by atoms with Crippen LogP contribution in [0.5, 0.6) is 0 Å². The number of nitrogens with zero attached hydrogens (tertiary/aromatic N) is 2. The van der Waals surface area contributed by atoms with Crippen molar-refractivity contribution in [1.29, 1.82) is 0 Å². The molecule has 6 nitrogen and oxygen atoms in total. The lowest BCUT2D eigenvalue weighted by molar-refractivity contribution is -0.121. The summed E-state index contributed by atoms with van der Waals surface area (Å²) in [4.78, 5) is 12.2. The van der Waals surface area contributed by atoms with Gasteiger partial charge in [-0.15, -0.1) is 0 Å². The Hall–Kier alpha value is -2.45. The van der Waals surface area contributed by atoms with Crippen LogP contribution in [0.25, 0.3) is 10.8 Å². The normalized spacial score (nSPS) is 12.0. The fourth-order valence-corrected chi connectivity index (χ4v) is 4.07. The van der Waals surface area contributed by atoms with E-state index in [0.29, 0.717) is 15.6 Å². The summed E-state index contributed by atoms with van der Waals surface area (Å²) in [5, 5.41) is 6.33. The van der Waals surface area contributed by atoms with Crippen molar-refractivity contribution in [3.05, 3.63) is 76.3 Å². The fourth-order valence-electron chi connectivity index (χ4n) is 2.60. The van der Waals surface area contributed by atoms with Crippen LogP contribution < -0.4 is 5.43 Å². The quantitative estimate of drug-likeness (QED) is 0.457. The lowest BCUT2D eigenvalue weighted by Gasteiger charge is -2.16. The fraction of sp³-hybridized carbons (Fsp3) is 0.100. The van der Waals surface area contributed by atoms with E-state index in [2.05, 4.69) is 10.5 Å². The Labute approximate surface area is 178 Å². The number of hydrazone groups is 1. The molecule has 3 aromatic carbocycles. The minimum Gasteiger partial charge on any atom is -0.272 e. The maximum Gasteiger partial charge on any atom is 0.255 e. The number of sulfonamides is 1. The molecule has 0 aliphatic heterocycles. The Kier molecular flexibility index (Phi) is 6.54. The molecule has 29 heavy (non-hydrogen) atoms. The monoisotopic (exact) mass is 449 g/mol. The van der Waals surface area contributed by atoms with Gasteiger partial charge in [0.2, 0.25) is 10.0 Å². The second kappa shape index (κ2) is 8.92. The van der Waals surface area contributed by atoms with E-state index in [1.165, 1.54) is 19.3 Å². The van der Waals surface area contributed by atoms with Gasteiger partial charge in [0.1, 0.15) is 0 Å². The number of fused-ring (bicyclic) bond motifs is 1. The van der Waals surface area contributed by atoms with Crippen molar-refractivity contribution >= 4 is 56.1 Å². The predicted octanol–water partition coefficient (Wildman–Crippen LogP) is 3.92. The van der Waals surface area contributed by atoms with Crippen LogP contribution in [0.2, 0.25) is 10.0 Å². The highest BCUT2D eigenvalue weighted by Gasteiger charge is 2.23. The SMILES string of the molecule is CN(CC(=O)NN=Cc1ccc(Cl)c(Cl)c1)S(=O)(=O)c1ccc2ccccc2c1. The number of hydrogen-bond donors (Lipinski definition) is 1. The minimum atomic E-state index is -3.82. The number of rotatable bonds is 6. The van der Waals surface area contributed by atoms with Crippen molar-refractivity contribution in [2.24, 2.45) is 5.10 Å². The first-order valence-electron chi connectivity index (χ1n) is 8.49. The van der Waals surface area contributed by atoms with E-state index in [4.69, 9.17) is 23.2 Å². The van der Waals surface area contributed by atoms with E-state index in [0.717, 1.165) is 15.1 Å². The first-order valence-corrected chi connectivity index (χ1v) is 10.7. The summed E-state index contributed by atoms with van der Waals surface area (Å²) in [5.41, 5.74) is 2.93. The van der Waals surface area contributed by atoms with Crippen molar-refractivity contribution in [2.75, 3.05) is 13.6 Å². The van der Waals surface area contributed by atoms with Crippen molar-refractivity contribution in [3.63, 3.8) is 0 Å². The van der Waals surface area contributed by atoms with Crippen molar-refractivity contribution in [2.45, 2.75) is 4.90 Å². The number of hydrogen-bond acceptors (Lipinski definition) is 4. The Morgan fingerprint density at radius 1 is 1.03 bits per heavy atom. The molecule has 0 radical (unpaired) electrons. The molecule has 150 valence electrons. The standard InChI is InChI=1S/C20H17Cl2N3O3S/c1-25(13-20(26)24-23-12-14-6-9-18(21)19(22)10-14)29(27,28)17-8-7-15-4-2-3-5-16(15)11-17/h2-12H,13H2,1H3,(H,24,26). The second-order valence-electron chi connectivity index (χ2n) is 6.24. The molecule has 0 bridgehead atoms.